The minimum atomic E-state index is -0.168. The Bertz CT molecular complexity index is 1110. The first-order valence-electron chi connectivity index (χ1n) is 11.7. The van der Waals surface area contributed by atoms with E-state index in [4.69, 9.17) is 0 Å². The van der Waals surface area contributed by atoms with E-state index in [0.29, 0.717) is 48.6 Å². The molecule has 7 nitrogen and oxygen atoms in total. The summed E-state index contributed by atoms with van der Waals surface area (Å²) in [6.07, 6.45) is 3.60. The SMILES string of the molecule is CNC1CCN(C(=O)c2cn3c(C(=O)NCC(CC(C)C)c4ccccc4)cccc3n2)C1. The quantitative estimate of drug-likeness (QED) is 0.555. The summed E-state index contributed by atoms with van der Waals surface area (Å²) < 4.78 is 1.72. The number of pyridine rings is 1. The third kappa shape index (κ3) is 5.25. The van der Waals surface area contributed by atoms with E-state index in [1.54, 1.807) is 22.7 Å². The summed E-state index contributed by atoms with van der Waals surface area (Å²) in [6, 6.07) is 16.0. The van der Waals surface area contributed by atoms with Crippen LogP contribution in [0, 0.1) is 5.92 Å². The van der Waals surface area contributed by atoms with Crippen molar-refractivity contribution in [2.24, 2.45) is 5.92 Å². The second-order valence-electron chi connectivity index (χ2n) is 9.24. The Kier molecular flexibility index (Phi) is 7.08. The molecule has 0 aliphatic carbocycles. The number of hydrogen-bond acceptors (Lipinski definition) is 4. The molecule has 3 aromatic rings. The topological polar surface area (TPSA) is 78.7 Å². The smallest absolute Gasteiger partial charge is 0.274 e. The number of imidazole rings is 1. The van der Waals surface area contributed by atoms with Crippen LogP contribution in [-0.2, 0) is 0 Å². The summed E-state index contributed by atoms with van der Waals surface area (Å²) in [6.45, 7) is 6.33. The Labute approximate surface area is 195 Å². The number of carbonyl (C=O) groups is 2. The van der Waals surface area contributed by atoms with Crippen molar-refractivity contribution < 1.29 is 9.59 Å². The van der Waals surface area contributed by atoms with E-state index in [1.165, 1.54) is 5.56 Å². The molecule has 0 saturated carbocycles. The number of benzene rings is 1. The first-order valence-corrected chi connectivity index (χ1v) is 11.7. The number of hydrogen-bond donors (Lipinski definition) is 2. The van der Waals surface area contributed by atoms with Gasteiger partial charge in [0.15, 0.2) is 0 Å². The minimum absolute atomic E-state index is 0.0936. The Balaban J connectivity index is 1.50. The molecule has 0 spiro atoms. The Morgan fingerprint density at radius 1 is 1.12 bits per heavy atom. The van der Waals surface area contributed by atoms with E-state index < -0.39 is 0 Å². The fraction of sp³-hybridized carbons (Fsp3) is 0.423. The van der Waals surface area contributed by atoms with E-state index in [-0.39, 0.29) is 17.7 Å². The monoisotopic (exact) mass is 447 g/mol. The van der Waals surface area contributed by atoms with Crippen LogP contribution in [0.15, 0.2) is 54.7 Å². The van der Waals surface area contributed by atoms with Gasteiger partial charge in [0.2, 0.25) is 0 Å². The van der Waals surface area contributed by atoms with E-state index in [2.05, 4.69) is 41.6 Å². The largest absolute Gasteiger partial charge is 0.350 e. The van der Waals surface area contributed by atoms with Crippen molar-refractivity contribution >= 4 is 17.5 Å². The van der Waals surface area contributed by atoms with Gasteiger partial charge in [-0.3, -0.25) is 14.0 Å². The molecule has 1 aliphatic heterocycles. The maximum Gasteiger partial charge on any atom is 0.274 e. The molecule has 4 rings (SSSR count). The molecule has 2 aromatic heterocycles. The molecule has 174 valence electrons. The van der Waals surface area contributed by atoms with Gasteiger partial charge in [0, 0.05) is 37.8 Å². The molecule has 2 unspecified atom stereocenters. The number of nitrogens with zero attached hydrogens (tertiary/aromatic N) is 3. The molecule has 0 bridgehead atoms. The number of amides is 2. The molecule has 2 atom stereocenters. The molecule has 2 amide bonds. The molecule has 0 radical (unpaired) electrons. The van der Waals surface area contributed by atoms with E-state index in [9.17, 15) is 9.59 Å². The zero-order valence-corrected chi connectivity index (χ0v) is 19.6. The highest BCUT2D eigenvalue weighted by Crippen LogP contribution is 2.23. The van der Waals surface area contributed by atoms with Crippen molar-refractivity contribution in [1.82, 2.24) is 24.9 Å². The molecular formula is C26H33N5O2. The van der Waals surface area contributed by atoms with Crippen LogP contribution in [0.25, 0.3) is 5.65 Å². The highest BCUT2D eigenvalue weighted by molar-refractivity contribution is 5.95. The Morgan fingerprint density at radius 2 is 1.91 bits per heavy atom. The predicted octanol–water partition coefficient (Wildman–Crippen LogP) is 3.33. The van der Waals surface area contributed by atoms with Crippen molar-refractivity contribution in [3.05, 3.63) is 71.7 Å². The number of rotatable bonds is 8. The predicted molar refractivity (Wildman–Crippen MR) is 130 cm³/mol. The van der Waals surface area contributed by atoms with Crippen LogP contribution < -0.4 is 10.6 Å². The summed E-state index contributed by atoms with van der Waals surface area (Å²) in [5, 5.41) is 6.34. The normalized spacial score (nSPS) is 17.0. The molecule has 1 fully saturated rings. The lowest BCUT2D eigenvalue weighted by atomic mass is 9.90. The van der Waals surface area contributed by atoms with Gasteiger partial charge in [0.1, 0.15) is 17.0 Å². The first kappa shape index (κ1) is 23.0. The number of aromatic nitrogens is 2. The van der Waals surface area contributed by atoms with Gasteiger partial charge in [0.25, 0.3) is 11.8 Å². The van der Waals surface area contributed by atoms with E-state index in [1.807, 2.05) is 36.2 Å². The Hall–Kier alpha value is -3.19. The average Bonchev–Trinajstić information content (AvgIpc) is 3.48. The van der Waals surface area contributed by atoms with Gasteiger partial charge in [-0.15, -0.1) is 0 Å². The lowest BCUT2D eigenvalue weighted by molar-refractivity contribution is 0.0784. The number of likely N-dealkylation sites (tertiary alicyclic amines) is 1. The number of carbonyl (C=O) groups excluding carboxylic acids is 2. The zero-order valence-electron chi connectivity index (χ0n) is 19.6. The summed E-state index contributed by atoms with van der Waals surface area (Å²) in [5.41, 5.74) is 2.67. The fourth-order valence-corrected chi connectivity index (χ4v) is 4.58. The van der Waals surface area contributed by atoms with Gasteiger partial charge in [-0.25, -0.2) is 4.98 Å². The third-order valence-electron chi connectivity index (χ3n) is 6.36. The van der Waals surface area contributed by atoms with Crippen LogP contribution >= 0.6 is 0 Å². The number of nitrogens with one attached hydrogen (secondary N) is 2. The van der Waals surface area contributed by atoms with Gasteiger partial charge < -0.3 is 15.5 Å². The molecule has 1 aliphatic rings. The summed E-state index contributed by atoms with van der Waals surface area (Å²) >= 11 is 0. The highest BCUT2D eigenvalue weighted by atomic mass is 16.2. The minimum Gasteiger partial charge on any atom is -0.350 e. The van der Waals surface area contributed by atoms with Crippen molar-refractivity contribution in [3.63, 3.8) is 0 Å². The van der Waals surface area contributed by atoms with Crippen molar-refractivity contribution in [2.45, 2.75) is 38.6 Å². The highest BCUT2D eigenvalue weighted by Gasteiger charge is 2.27. The lowest BCUT2D eigenvalue weighted by Gasteiger charge is -2.20. The molecule has 33 heavy (non-hydrogen) atoms. The zero-order chi connectivity index (χ0) is 23.4. The maximum atomic E-state index is 13.1. The van der Waals surface area contributed by atoms with Crippen molar-refractivity contribution in [2.75, 3.05) is 26.7 Å². The van der Waals surface area contributed by atoms with Gasteiger partial charge in [-0.05, 0) is 43.5 Å². The van der Waals surface area contributed by atoms with Crippen LogP contribution in [0.4, 0.5) is 0 Å². The van der Waals surface area contributed by atoms with Gasteiger partial charge in [0.05, 0.1) is 0 Å². The first-order chi connectivity index (χ1) is 16.0. The van der Waals surface area contributed by atoms with Gasteiger partial charge >= 0.3 is 0 Å². The van der Waals surface area contributed by atoms with Crippen LogP contribution in [0.5, 0.6) is 0 Å². The molecule has 7 heteroatoms. The summed E-state index contributed by atoms with van der Waals surface area (Å²) in [7, 11) is 1.91. The molecular weight excluding hydrogens is 414 g/mol. The second kappa shape index (κ2) is 10.2. The summed E-state index contributed by atoms with van der Waals surface area (Å²) in [5.74, 6) is 0.498. The molecule has 1 aromatic carbocycles. The standard InChI is InChI=1S/C26H33N5O2/c1-18(2)14-20(19-8-5-4-6-9-19)15-28-25(32)23-10-7-11-24-29-22(17-31(23)24)26(33)30-13-12-21(16-30)27-3/h4-11,17-18,20-21,27H,12-16H2,1-3H3,(H,28,32). The fourth-order valence-electron chi connectivity index (χ4n) is 4.58. The van der Waals surface area contributed by atoms with Crippen LogP contribution in [-0.4, -0.2) is 58.8 Å². The van der Waals surface area contributed by atoms with E-state index >= 15 is 0 Å². The van der Waals surface area contributed by atoms with Gasteiger partial charge in [-0.2, -0.15) is 0 Å². The Morgan fingerprint density at radius 3 is 2.61 bits per heavy atom. The number of likely N-dealkylation sites (N-methyl/N-ethyl adjacent to an activating group) is 1. The van der Waals surface area contributed by atoms with Crippen molar-refractivity contribution in [3.8, 4) is 0 Å². The van der Waals surface area contributed by atoms with Crippen LogP contribution in [0.2, 0.25) is 0 Å². The molecule has 3 heterocycles. The third-order valence-corrected chi connectivity index (χ3v) is 6.36. The van der Waals surface area contributed by atoms with Gasteiger partial charge in [-0.1, -0.05) is 50.2 Å². The van der Waals surface area contributed by atoms with Crippen LogP contribution in [0.1, 0.15) is 59.1 Å². The molecule has 1 saturated heterocycles. The lowest BCUT2D eigenvalue weighted by Crippen LogP contribution is -2.33. The van der Waals surface area contributed by atoms with Crippen LogP contribution in [0.3, 0.4) is 0 Å². The van der Waals surface area contributed by atoms with E-state index in [0.717, 1.165) is 12.8 Å². The van der Waals surface area contributed by atoms with Crippen molar-refractivity contribution in [1.29, 1.82) is 0 Å². The maximum absolute atomic E-state index is 13.1. The average molecular weight is 448 g/mol. The summed E-state index contributed by atoms with van der Waals surface area (Å²) in [4.78, 5) is 32.4. The molecule has 2 N–H and O–H groups in total. The number of fused-ring (bicyclic) bond motifs is 1. The second-order valence-corrected chi connectivity index (χ2v) is 9.24.